The van der Waals surface area contributed by atoms with Gasteiger partial charge < -0.3 is 21.4 Å². The molecule has 0 aromatic rings. The van der Waals surface area contributed by atoms with Crippen LogP contribution in [0, 0.1) is 5.92 Å². The lowest BCUT2D eigenvalue weighted by molar-refractivity contribution is 0.0996. The maximum Gasteiger partial charge on any atom is 0.139 e. The molecule has 0 aromatic carbocycles. The van der Waals surface area contributed by atoms with Crippen molar-refractivity contribution in [2.75, 3.05) is 13.2 Å². The minimum Gasteiger partial charge on any atom is -0.409 e. The second-order valence-electron chi connectivity index (χ2n) is 5.62. The lowest BCUT2D eigenvalue weighted by atomic mass is 9.77. The second kappa shape index (κ2) is 7.59. The van der Waals surface area contributed by atoms with Gasteiger partial charge in [-0.1, -0.05) is 24.9 Å². The molecule has 0 spiro atoms. The zero-order valence-corrected chi connectivity index (χ0v) is 11.4. The molecule has 0 bridgehead atoms. The minimum absolute atomic E-state index is 0.0751. The lowest BCUT2D eigenvalue weighted by Gasteiger charge is -2.39. The number of amidine groups is 1. The number of unbranched alkanes of at least 4 members (excludes halogenated alkanes) is 1. The third-order valence-corrected chi connectivity index (χ3v) is 3.88. The maximum absolute atomic E-state index is 9.61. The monoisotopic (exact) mass is 257 g/mol. The van der Waals surface area contributed by atoms with Gasteiger partial charge in [-0.15, -0.1) is 0 Å². The van der Waals surface area contributed by atoms with Crippen LogP contribution in [0.4, 0.5) is 0 Å². The summed E-state index contributed by atoms with van der Waals surface area (Å²) in [5, 5.41) is 24.5. The smallest absolute Gasteiger partial charge is 0.139 e. The Morgan fingerprint density at radius 3 is 2.89 bits per heavy atom. The van der Waals surface area contributed by atoms with E-state index in [0.29, 0.717) is 12.3 Å². The molecule has 18 heavy (non-hydrogen) atoms. The normalized spacial score (nSPS) is 29.4. The van der Waals surface area contributed by atoms with Crippen LogP contribution in [-0.2, 0) is 0 Å². The van der Waals surface area contributed by atoms with Crippen molar-refractivity contribution in [1.82, 2.24) is 5.32 Å². The Hall–Kier alpha value is -0.810. The van der Waals surface area contributed by atoms with Gasteiger partial charge in [-0.3, -0.25) is 0 Å². The van der Waals surface area contributed by atoms with E-state index in [4.69, 9.17) is 10.9 Å². The van der Waals surface area contributed by atoms with E-state index in [0.717, 1.165) is 32.2 Å². The number of rotatable bonds is 7. The van der Waals surface area contributed by atoms with Crippen LogP contribution in [0.3, 0.4) is 0 Å². The molecule has 1 aliphatic carbocycles. The Kier molecular flexibility index (Phi) is 6.43. The molecule has 0 saturated heterocycles. The van der Waals surface area contributed by atoms with Gasteiger partial charge in [0.15, 0.2) is 0 Å². The van der Waals surface area contributed by atoms with E-state index in [2.05, 4.69) is 17.4 Å². The van der Waals surface area contributed by atoms with Crippen molar-refractivity contribution in [3.8, 4) is 0 Å². The molecule has 2 atom stereocenters. The molecule has 5 N–H and O–H groups in total. The van der Waals surface area contributed by atoms with Gasteiger partial charge in [0.2, 0.25) is 0 Å². The fourth-order valence-electron chi connectivity index (χ4n) is 2.85. The van der Waals surface area contributed by atoms with Gasteiger partial charge in [-0.05, 0) is 38.1 Å². The average molecular weight is 257 g/mol. The number of nitrogens with one attached hydrogen (secondary N) is 1. The van der Waals surface area contributed by atoms with Crippen LogP contribution >= 0.6 is 0 Å². The first-order valence-corrected chi connectivity index (χ1v) is 6.94. The van der Waals surface area contributed by atoms with E-state index >= 15 is 0 Å². The summed E-state index contributed by atoms with van der Waals surface area (Å²) in [5.74, 6) is 0.980. The van der Waals surface area contributed by atoms with Crippen molar-refractivity contribution in [3.63, 3.8) is 0 Å². The van der Waals surface area contributed by atoms with E-state index in [1.807, 2.05) is 0 Å². The SMILES string of the molecule is CC1CCCC(CO)(NCCCCC(N)=NO)C1. The molecular weight excluding hydrogens is 230 g/mol. The summed E-state index contributed by atoms with van der Waals surface area (Å²) in [6.45, 7) is 3.35. The van der Waals surface area contributed by atoms with Gasteiger partial charge in [0, 0.05) is 12.0 Å². The number of aliphatic hydroxyl groups is 1. The summed E-state index contributed by atoms with van der Waals surface area (Å²) < 4.78 is 0. The Labute approximate surface area is 109 Å². The highest BCUT2D eigenvalue weighted by molar-refractivity contribution is 5.79. The van der Waals surface area contributed by atoms with Crippen molar-refractivity contribution in [2.45, 2.75) is 57.4 Å². The van der Waals surface area contributed by atoms with Crippen molar-refractivity contribution in [1.29, 1.82) is 0 Å². The highest BCUT2D eigenvalue weighted by Gasteiger charge is 2.33. The molecular formula is C13H27N3O2. The third kappa shape index (κ3) is 4.82. The first-order chi connectivity index (χ1) is 8.62. The van der Waals surface area contributed by atoms with E-state index in [1.54, 1.807) is 0 Å². The highest BCUT2D eigenvalue weighted by Crippen LogP contribution is 2.31. The Morgan fingerprint density at radius 1 is 1.50 bits per heavy atom. The zero-order valence-electron chi connectivity index (χ0n) is 11.4. The molecule has 0 heterocycles. The summed E-state index contributed by atoms with van der Waals surface area (Å²) in [6, 6.07) is 0. The molecule has 106 valence electrons. The first kappa shape index (κ1) is 15.2. The Morgan fingerprint density at radius 2 is 2.28 bits per heavy atom. The quantitative estimate of drug-likeness (QED) is 0.183. The van der Waals surface area contributed by atoms with Crippen LogP contribution in [0.15, 0.2) is 5.16 Å². The van der Waals surface area contributed by atoms with Crippen LogP contribution in [0.5, 0.6) is 0 Å². The van der Waals surface area contributed by atoms with Gasteiger partial charge in [-0.2, -0.15) is 0 Å². The molecule has 1 saturated carbocycles. The number of hydrogen-bond acceptors (Lipinski definition) is 4. The van der Waals surface area contributed by atoms with Crippen LogP contribution < -0.4 is 11.1 Å². The molecule has 0 radical (unpaired) electrons. The van der Waals surface area contributed by atoms with Crippen LogP contribution in [0.25, 0.3) is 0 Å². The number of aliphatic hydroxyl groups excluding tert-OH is 1. The molecule has 1 aliphatic rings. The van der Waals surface area contributed by atoms with Crippen molar-refractivity contribution in [2.24, 2.45) is 16.8 Å². The summed E-state index contributed by atoms with van der Waals surface area (Å²) in [6.07, 6.45) is 7.09. The van der Waals surface area contributed by atoms with E-state index in [9.17, 15) is 5.11 Å². The fourth-order valence-corrected chi connectivity index (χ4v) is 2.85. The molecule has 0 amide bonds. The molecule has 5 nitrogen and oxygen atoms in total. The predicted octanol–water partition coefficient (Wildman–Crippen LogP) is 1.43. The van der Waals surface area contributed by atoms with Gasteiger partial charge in [0.1, 0.15) is 5.84 Å². The lowest BCUT2D eigenvalue weighted by Crippen LogP contribution is -2.51. The number of nitrogens with zero attached hydrogens (tertiary/aromatic N) is 1. The molecule has 0 aliphatic heterocycles. The Bertz CT molecular complexity index is 271. The molecule has 0 aromatic heterocycles. The maximum atomic E-state index is 9.61. The molecule has 5 heteroatoms. The largest absolute Gasteiger partial charge is 0.409 e. The molecule has 1 fully saturated rings. The third-order valence-electron chi connectivity index (χ3n) is 3.88. The molecule has 2 unspecified atom stereocenters. The second-order valence-corrected chi connectivity index (χ2v) is 5.62. The van der Waals surface area contributed by atoms with E-state index in [1.165, 1.54) is 12.8 Å². The number of nitrogens with two attached hydrogens (primary N) is 1. The van der Waals surface area contributed by atoms with Crippen molar-refractivity contribution in [3.05, 3.63) is 0 Å². The number of oxime groups is 1. The fraction of sp³-hybridized carbons (Fsp3) is 0.923. The Balaban J connectivity index is 2.23. The van der Waals surface area contributed by atoms with Gasteiger partial charge >= 0.3 is 0 Å². The summed E-state index contributed by atoms with van der Waals surface area (Å²) in [4.78, 5) is 0. The van der Waals surface area contributed by atoms with Crippen LogP contribution in [-0.4, -0.2) is 34.8 Å². The summed E-state index contributed by atoms with van der Waals surface area (Å²) in [5.41, 5.74) is 5.33. The van der Waals surface area contributed by atoms with Crippen LogP contribution in [0.1, 0.15) is 51.9 Å². The van der Waals surface area contributed by atoms with Crippen molar-refractivity contribution >= 4 is 5.84 Å². The van der Waals surface area contributed by atoms with Gasteiger partial charge in [-0.25, -0.2) is 0 Å². The van der Waals surface area contributed by atoms with E-state index in [-0.39, 0.29) is 18.0 Å². The zero-order chi connectivity index (χ0) is 13.4. The predicted molar refractivity (Wildman–Crippen MR) is 72.7 cm³/mol. The van der Waals surface area contributed by atoms with Gasteiger partial charge in [0.25, 0.3) is 0 Å². The topological polar surface area (TPSA) is 90.9 Å². The number of hydrogen-bond donors (Lipinski definition) is 4. The van der Waals surface area contributed by atoms with Gasteiger partial charge in [0.05, 0.1) is 6.61 Å². The summed E-state index contributed by atoms with van der Waals surface area (Å²) >= 11 is 0. The van der Waals surface area contributed by atoms with Crippen LogP contribution in [0.2, 0.25) is 0 Å². The minimum atomic E-state index is -0.0751. The highest BCUT2D eigenvalue weighted by atomic mass is 16.4. The first-order valence-electron chi connectivity index (χ1n) is 6.94. The average Bonchev–Trinajstić information content (AvgIpc) is 2.38. The van der Waals surface area contributed by atoms with Crippen molar-refractivity contribution < 1.29 is 10.3 Å². The van der Waals surface area contributed by atoms with E-state index < -0.39 is 0 Å². The molecule has 1 rings (SSSR count). The standard InChI is InChI=1S/C13H27N3O2/c1-11-5-4-7-13(9-11,10-17)15-8-3-2-6-12(14)16-18/h11,15,17-18H,2-10H2,1H3,(H2,14,16). The summed E-state index contributed by atoms with van der Waals surface area (Å²) in [7, 11) is 0.